The van der Waals surface area contributed by atoms with Gasteiger partial charge < -0.3 is 24.7 Å². The maximum atomic E-state index is 12.1. The van der Waals surface area contributed by atoms with Gasteiger partial charge in [0, 0.05) is 35.0 Å². The number of ether oxygens (including phenoxy) is 2. The molecule has 3 aromatic rings. The lowest BCUT2D eigenvalue weighted by molar-refractivity contribution is -0.196. The fourth-order valence-electron chi connectivity index (χ4n) is 4.73. The molecule has 3 N–H and O–H groups in total. The van der Waals surface area contributed by atoms with E-state index in [-0.39, 0.29) is 13.0 Å². The molecule has 2 unspecified atom stereocenters. The Labute approximate surface area is 244 Å². The van der Waals surface area contributed by atoms with E-state index in [1.807, 2.05) is 61.5 Å². The number of amides is 3. The van der Waals surface area contributed by atoms with Crippen molar-refractivity contribution >= 4 is 34.5 Å². The van der Waals surface area contributed by atoms with Crippen molar-refractivity contribution in [3.05, 3.63) is 71.4 Å². The summed E-state index contributed by atoms with van der Waals surface area (Å²) in [6.45, 7) is 3.70. The summed E-state index contributed by atoms with van der Waals surface area (Å²) in [5.41, 5.74) is 2.09. The number of oxime groups is 1. The van der Waals surface area contributed by atoms with Gasteiger partial charge in [0.15, 0.2) is 5.60 Å². The molecule has 0 radical (unpaired) electrons. The first-order valence-corrected chi connectivity index (χ1v) is 13.0. The van der Waals surface area contributed by atoms with E-state index in [0.717, 1.165) is 27.7 Å². The number of aryl methyl sites for hydroxylation is 1. The van der Waals surface area contributed by atoms with Crippen LogP contribution in [-0.2, 0) is 31.4 Å². The largest absolute Gasteiger partial charge is 0.490 e. The van der Waals surface area contributed by atoms with Crippen LogP contribution in [0.25, 0.3) is 10.9 Å². The number of rotatable bonds is 7. The number of fused-ring (bicyclic) bond motifs is 1. The summed E-state index contributed by atoms with van der Waals surface area (Å²) >= 11 is 0. The molecule has 2 aromatic carbocycles. The summed E-state index contributed by atoms with van der Waals surface area (Å²) in [4.78, 5) is 43.4. The second-order valence-electron chi connectivity index (χ2n) is 10.2. The molecule has 1 saturated heterocycles. The van der Waals surface area contributed by atoms with Gasteiger partial charge in [0.25, 0.3) is 5.91 Å². The number of urea groups is 1. The van der Waals surface area contributed by atoms with E-state index in [1.54, 1.807) is 6.92 Å². The molecule has 2 atom stereocenters. The topological polar surface area (TPSA) is 148 Å². The molecule has 228 valence electrons. The Kier molecular flexibility index (Phi) is 8.90. The van der Waals surface area contributed by atoms with Crippen molar-refractivity contribution in [2.24, 2.45) is 5.16 Å². The highest BCUT2D eigenvalue weighted by atomic mass is 19.4. The highest BCUT2D eigenvalue weighted by Gasteiger charge is 2.47. The fourth-order valence-corrected chi connectivity index (χ4v) is 4.73. The van der Waals surface area contributed by atoms with Crippen LogP contribution in [0.1, 0.15) is 36.6 Å². The van der Waals surface area contributed by atoms with Gasteiger partial charge in [-0.3, -0.25) is 15.1 Å². The predicted octanol–water partition coefficient (Wildman–Crippen LogP) is 3.80. The van der Waals surface area contributed by atoms with Crippen LogP contribution in [0.2, 0.25) is 0 Å². The molecule has 0 saturated carbocycles. The maximum absolute atomic E-state index is 12.1. The predicted molar refractivity (Wildman–Crippen MR) is 147 cm³/mol. The first kappa shape index (κ1) is 31.2. The zero-order chi connectivity index (χ0) is 31.4. The standard InChI is InChI=1S/C26H26N4O5.C3H3F3O2/c1-16-11-17(21-5-3-4-6-22(21)27-16)14-34-20-9-7-18(8-10-20)26(15-31)13-19(30-35-26)12-25(2)23(32)28-24(33)29-25;1-8-2(7)3(4,5)6/h3-11,31H,12-15H2,1-2H3,(H2,28,29,32,33);1H3. The Hall–Kier alpha value is -4.72. The number of hydrogen-bond acceptors (Lipinski definition) is 9. The van der Waals surface area contributed by atoms with Crippen molar-refractivity contribution < 1.29 is 47.0 Å². The molecule has 14 heteroatoms. The van der Waals surface area contributed by atoms with Gasteiger partial charge in [0.2, 0.25) is 0 Å². The van der Waals surface area contributed by atoms with Gasteiger partial charge in [-0.05, 0) is 38.1 Å². The minimum absolute atomic E-state index is 0.187. The van der Waals surface area contributed by atoms with Crippen LogP contribution in [0, 0.1) is 6.92 Å². The van der Waals surface area contributed by atoms with Crippen LogP contribution in [0.15, 0.2) is 59.8 Å². The molecule has 1 aromatic heterocycles. The highest BCUT2D eigenvalue weighted by Crippen LogP contribution is 2.37. The minimum atomic E-state index is -4.85. The number of esters is 1. The maximum Gasteiger partial charge on any atom is 0.490 e. The summed E-state index contributed by atoms with van der Waals surface area (Å²) in [5.74, 6) is -1.90. The monoisotopic (exact) mass is 602 g/mol. The van der Waals surface area contributed by atoms with Crippen LogP contribution in [0.4, 0.5) is 18.0 Å². The molecule has 1 fully saturated rings. The molecule has 0 bridgehead atoms. The van der Waals surface area contributed by atoms with Crippen molar-refractivity contribution in [3.8, 4) is 5.75 Å². The van der Waals surface area contributed by atoms with E-state index in [4.69, 9.17) is 9.57 Å². The van der Waals surface area contributed by atoms with Gasteiger partial charge in [-0.25, -0.2) is 9.59 Å². The number of pyridine rings is 1. The molecule has 0 spiro atoms. The normalized spacial score (nSPS) is 21.2. The van der Waals surface area contributed by atoms with Crippen LogP contribution in [0.3, 0.4) is 0 Å². The molecule has 0 aliphatic carbocycles. The third-order valence-electron chi connectivity index (χ3n) is 6.89. The average molecular weight is 603 g/mol. The molecule has 3 heterocycles. The Bertz CT molecular complexity index is 1560. The summed E-state index contributed by atoms with van der Waals surface area (Å²) in [6.07, 6.45) is -4.37. The fraction of sp³-hybridized carbons (Fsp3) is 0.345. The number of carbonyl (C=O) groups is 3. The zero-order valence-corrected chi connectivity index (χ0v) is 23.4. The Morgan fingerprint density at radius 3 is 2.42 bits per heavy atom. The molecule has 43 heavy (non-hydrogen) atoms. The highest BCUT2D eigenvalue weighted by molar-refractivity contribution is 6.09. The zero-order valence-electron chi connectivity index (χ0n) is 23.4. The number of nitrogens with zero attached hydrogens (tertiary/aromatic N) is 2. The number of aliphatic hydroxyl groups excluding tert-OH is 1. The minimum Gasteiger partial charge on any atom is -0.489 e. The number of imide groups is 1. The number of nitrogens with one attached hydrogen (secondary N) is 2. The van der Waals surface area contributed by atoms with Crippen molar-refractivity contribution in [2.45, 2.75) is 50.6 Å². The van der Waals surface area contributed by atoms with E-state index < -0.39 is 35.2 Å². The first-order valence-electron chi connectivity index (χ1n) is 13.0. The molecule has 5 rings (SSSR count). The van der Waals surface area contributed by atoms with Crippen LogP contribution in [-0.4, -0.2) is 59.1 Å². The van der Waals surface area contributed by atoms with E-state index in [1.165, 1.54) is 0 Å². The number of aliphatic hydroxyl groups is 1. The summed E-state index contributed by atoms with van der Waals surface area (Å²) in [5, 5.41) is 20.2. The van der Waals surface area contributed by atoms with Gasteiger partial charge in [-0.1, -0.05) is 35.5 Å². The van der Waals surface area contributed by atoms with Gasteiger partial charge >= 0.3 is 18.2 Å². The number of para-hydroxylation sites is 1. The van der Waals surface area contributed by atoms with Crippen LogP contribution < -0.4 is 15.4 Å². The molecule has 3 amide bonds. The van der Waals surface area contributed by atoms with Crippen molar-refractivity contribution in [2.75, 3.05) is 13.7 Å². The van der Waals surface area contributed by atoms with E-state index in [9.17, 15) is 32.7 Å². The summed E-state index contributed by atoms with van der Waals surface area (Å²) in [6, 6.07) is 16.8. The van der Waals surface area contributed by atoms with Gasteiger partial charge in [0.1, 0.15) is 17.9 Å². The van der Waals surface area contributed by atoms with Crippen LogP contribution in [0.5, 0.6) is 5.75 Å². The Morgan fingerprint density at radius 2 is 1.84 bits per heavy atom. The van der Waals surface area contributed by atoms with Gasteiger partial charge in [0.05, 0.1) is 24.9 Å². The lowest BCUT2D eigenvalue weighted by Crippen LogP contribution is -2.45. The molecule has 2 aliphatic heterocycles. The second kappa shape index (κ2) is 12.3. The molecular weight excluding hydrogens is 573 g/mol. The van der Waals surface area contributed by atoms with E-state index in [2.05, 4.69) is 25.5 Å². The third-order valence-corrected chi connectivity index (χ3v) is 6.89. The van der Waals surface area contributed by atoms with E-state index >= 15 is 0 Å². The number of carbonyl (C=O) groups excluding carboxylic acids is 3. The lowest BCUT2D eigenvalue weighted by atomic mass is 9.85. The lowest BCUT2D eigenvalue weighted by Gasteiger charge is -2.25. The van der Waals surface area contributed by atoms with Crippen molar-refractivity contribution in [1.82, 2.24) is 15.6 Å². The van der Waals surface area contributed by atoms with Crippen LogP contribution >= 0.6 is 0 Å². The van der Waals surface area contributed by atoms with Crippen molar-refractivity contribution in [3.63, 3.8) is 0 Å². The van der Waals surface area contributed by atoms with Crippen molar-refractivity contribution in [1.29, 1.82) is 0 Å². The van der Waals surface area contributed by atoms with Gasteiger partial charge in [-0.15, -0.1) is 0 Å². The molecular formula is C29H29F3N4O7. The quantitative estimate of drug-likeness (QED) is 0.273. The molecule has 2 aliphatic rings. The SMILES string of the molecule is COC(=O)C(F)(F)F.Cc1cc(COc2ccc(C3(CO)CC(CC4(C)NC(=O)NC4=O)=NO3)cc2)c2ccccc2n1. The second-order valence-corrected chi connectivity index (χ2v) is 10.2. The summed E-state index contributed by atoms with van der Waals surface area (Å²) in [7, 11) is 0.676. The van der Waals surface area contributed by atoms with Gasteiger partial charge in [-0.2, -0.15) is 13.2 Å². The number of benzene rings is 2. The number of methoxy groups -OCH3 is 1. The Balaban J connectivity index is 0.000000467. The molecule has 11 nitrogen and oxygen atoms in total. The Morgan fingerprint density at radius 1 is 1.14 bits per heavy atom. The number of aromatic nitrogens is 1. The average Bonchev–Trinajstić information content (AvgIpc) is 3.50. The number of alkyl halides is 3. The first-order chi connectivity index (χ1) is 20.3. The number of halogens is 3. The third kappa shape index (κ3) is 7.02. The smallest absolute Gasteiger partial charge is 0.489 e. The summed E-state index contributed by atoms with van der Waals surface area (Å²) < 4.78 is 42.3. The van der Waals surface area contributed by atoms with E-state index in [0.29, 0.717) is 31.6 Å². The number of hydrogen-bond donors (Lipinski definition) is 3.